The third-order valence-electron chi connectivity index (χ3n) is 3.22. The molecule has 1 aliphatic heterocycles. The normalized spacial score (nSPS) is 19.7. The summed E-state index contributed by atoms with van der Waals surface area (Å²) >= 11 is 1.84. The maximum absolute atomic E-state index is 5.92. The predicted octanol–water partition coefficient (Wildman–Crippen LogP) is 3.73. The molecule has 1 atom stereocenters. The Labute approximate surface area is 119 Å². The van der Waals surface area contributed by atoms with E-state index in [4.69, 9.17) is 4.74 Å². The molecule has 0 saturated heterocycles. The van der Waals surface area contributed by atoms with Crippen molar-refractivity contribution in [2.45, 2.75) is 19.4 Å². The van der Waals surface area contributed by atoms with Crippen LogP contribution in [0.4, 0.5) is 0 Å². The van der Waals surface area contributed by atoms with E-state index < -0.39 is 0 Å². The maximum atomic E-state index is 5.92. The Hall–Kier alpha value is -1.16. The summed E-state index contributed by atoms with van der Waals surface area (Å²) in [5.41, 5.74) is 3.86. The van der Waals surface area contributed by atoms with Crippen LogP contribution in [0.15, 0.2) is 36.3 Å². The zero-order valence-electron chi connectivity index (χ0n) is 11.6. The zero-order valence-corrected chi connectivity index (χ0v) is 12.4. The number of hydrogen-bond acceptors (Lipinski definition) is 3. The van der Waals surface area contributed by atoms with E-state index in [0.717, 1.165) is 19.6 Å². The van der Waals surface area contributed by atoms with Gasteiger partial charge in [-0.05, 0) is 30.5 Å². The summed E-state index contributed by atoms with van der Waals surface area (Å²) in [6.45, 7) is 7.53. The van der Waals surface area contributed by atoms with Crippen LogP contribution in [0.25, 0.3) is 5.57 Å². The minimum absolute atomic E-state index is 0.161. The highest BCUT2D eigenvalue weighted by molar-refractivity contribution is 7.10. The molecule has 102 valence electrons. The van der Waals surface area contributed by atoms with Crippen molar-refractivity contribution in [3.63, 3.8) is 0 Å². The molecular formula is C16H21NOS. The average Bonchev–Trinajstić information content (AvgIpc) is 2.84. The first kappa shape index (κ1) is 14.3. The Morgan fingerprint density at radius 2 is 2.47 bits per heavy atom. The molecule has 1 N–H and O–H groups in total. The molecule has 0 aromatic carbocycles. The van der Waals surface area contributed by atoms with E-state index in [1.807, 2.05) is 31.4 Å². The molecule has 0 saturated carbocycles. The van der Waals surface area contributed by atoms with Gasteiger partial charge in [-0.25, -0.2) is 0 Å². The first-order valence-electron chi connectivity index (χ1n) is 6.64. The maximum Gasteiger partial charge on any atom is 0.0965 e. The summed E-state index contributed by atoms with van der Waals surface area (Å²) in [7, 11) is 1.97. The lowest BCUT2D eigenvalue weighted by atomic mass is 9.95. The van der Waals surface area contributed by atoms with Crippen LogP contribution in [-0.2, 0) is 11.2 Å². The summed E-state index contributed by atoms with van der Waals surface area (Å²) < 4.78 is 5.92. The van der Waals surface area contributed by atoms with Crippen LogP contribution in [0.1, 0.15) is 29.0 Å². The number of allylic oxidation sites excluding steroid dienone is 5. The minimum atomic E-state index is 0.161. The van der Waals surface area contributed by atoms with Gasteiger partial charge in [0.1, 0.15) is 0 Å². The predicted molar refractivity (Wildman–Crippen MR) is 83.6 cm³/mol. The van der Waals surface area contributed by atoms with Gasteiger partial charge in [-0.15, -0.1) is 11.3 Å². The third-order valence-corrected chi connectivity index (χ3v) is 4.29. The van der Waals surface area contributed by atoms with Crippen LogP contribution in [0.5, 0.6) is 0 Å². The van der Waals surface area contributed by atoms with Crippen molar-refractivity contribution in [2.24, 2.45) is 0 Å². The Bertz CT molecular complexity index is 499. The largest absolute Gasteiger partial charge is 0.372 e. The molecule has 2 nitrogen and oxygen atoms in total. The highest BCUT2D eigenvalue weighted by atomic mass is 32.1. The van der Waals surface area contributed by atoms with Crippen molar-refractivity contribution in [1.82, 2.24) is 5.32 Å². The lowest BCUT2D eigenvalue weighted by Crippen LogP contribution is -2.25. The van der Waals surface area contributed by atoms with E-state index in [9.17, 15) is 0 Å². The fraction of sp³-hybridized carbons (Fsp3) is 0.375. The van der Waals surface area contributed by atoms with E-state index in [-0.39, 0.29) is 6.10 Å². The van der Waals surface area contributed by atoms with Crippen LogP contribution in [0.3, 0.4) is 0 Å². The van der Waals surface area contributed by atoms with Crippen molar-refractivity contribution >= 4 is 16.9 Å². The van der Waals surface area contributed by atoms with Crippen LogP contribution in [0.2, 0.25) is 0 Å². The number of thiophene rings is 1. The Morgan fingerprint density at radius 1 is 1.63 bits per heavy atom. The highest BCUT2D eigenvalue weighted by Gasteiger charge is 2.25. The molecule has 1 unspecified atom stereocenters. The molecule has 1 aliphatic rings. The zero-order chi connectivity index (χ0) is 13.7. The molecule has 0 aliphatic carbocycles. The molecule has 0 fully saturated rings. The van der Waals surface area contributed by atoms with E-state index >= 15 is 0 Å². The highest BCUT2D eigenvalue weighted by Crippen LogP contribution is 2.38. The van der Waals surface area contributed by atoms with Gasteiger partial charge in [0.05, 0.1) is 12.7 Å². The molecule has 0 bridgehead atoms. The summed E-state index contributed by atoms with van der Waals surface area (Å²) in [5.74, 6) is 0. The number of hydrogen-bond donors (Lipinski definition) is 1. The fourth-order valence-corrected chi connectivity index (χ4v) is 3.54. The van der Waals surface area contributed by atoms with Gasteiger partial charge in [-0.3, -0.25) is 0 Å². The van der Waals surface area contributed by atoms with Gasteiger partial charge in [0.2, 0.25) is 0 Å². The van der Waals surface area contributed by atoms with Crippen LogP contribution >= 0.6 is 11.3 Å². The second kappa shape index (κ2) is 6.85. The first-order valence-corrected chi connectivity index (χ1v) is 7.52. The Balaban J connectivity index is 2.44. The van der Waals surface area contributed by atoms with E-state index in [1.54, 1.807) is 0 Å². The molecule has 2 rings (SSSR count). The molecule has 2 heterocycles. The number of nitrogens with one attached hydrogen (secondary N) is 1. The van der Waals surface area contributed by atoms with Gasteiger partial charge in [0, 0.05) is 23.4 Å². The molecule has 0 amide bonds. The Morgan fingerprint density at radius 3 is 3.16 bits per heavy atom. The molecule has 0 spiro atoms. The number of fused-ring (bicyclic) bond motifs is 1. The average molecular weight is 275 g/mol. The molecular weight excluding hydrogens is 254 g/mol. The minimum Gasteiger partial charge on any atom is -0.372 e. The van der Waals surface area contributed by atoms with Crippen molar-refractivity contribution in [2.75, 3.05) is 20.2 Å². The standard InChI is InChI=1S/C16H21NOS/c1-4-6-12(7-5-2)13-11-19-15-8-9-18-14(10-17-3)16(13)15/h4-7,11,14,17H,1,8-10H2,2-3H3/b7-5-,12-6+. The van der Waals surface area contributed by atoms with Gasteiger partial charge < -0.3 is 10.1 Å². The summed E-state index contributed by atoms with van der Waals surface area (Å²) in [6.07, 6.45) is 9.29. The van der Waals surface area contributed by atoms with Crippen molar-refractivity contribution in [3.05, 3.63) is 52.3 Å². The van der Waals surface area contributed by atoms with E-state index in [0.29, 0.717) is 0 Å². The second-order valence-electron chi connectivity index (χ2n) is 4.51. The summed E-state index contributed by atoms with van der Waals surface area (Å²) in [5, 5.41) is 5.47. The molecule has 3 heteroatoms. The van der Waals surface area contributed by atoms with Crippen LogP contribution in [-0.4, -0.2) is 20.2 Å². The summed E-state index contributed by atoms with van der Waals surface area (Å²) in [6, 6.07) is 0. The lowest BCUT2D eigenvalue weighted by Gasteiger charge is -2.25. The van der Waals surface area contributed by atoms with Gasteiger partial charge in [0.25, 0.3) is 0 Å². The van der Waals surface area contributed by atoms with Crippen molar-refractivity contribution in [1.29, 1.82) is 0 Å². The van der Waals surface area contributed by atoms with Crippen molar-refractivity contribution < 1.29 is 4.74 Å². The van der Waals surface area contributed by atoms with Gasteiger partial charge in [-0.2, -0.15) is 0 Å². The number of likely N-dealkylation sites (N-methyl/N-ethyl adjacent to an activating group) is 1. The first-order chi connectivity index (χ1) is 9.31. The molecule has 0 radical (unpaired) electrons. The third kappa shape index (κ3) is 3.06. The van der Waals surface area contributed by atoms with Gasteiger partial charge in [-0.1, -0.05) is 30.9 Å². The Kier molecular flexibility index (Phi) is 5.14. The van der Waals surface area contributed by atoms with Gasteiger partial charge >= 0.3 is 0 Å². The monoisotopic (exact) mass is 275 g/mol. The smallest absolute Gasteiger partial charge is 0.0965 e. The van der Waals surface area contributed by atoms with Crippen LogP contribution < -0.4 is 5.32 Å². The lowest BCUT2D eigenvalue weighted by molar-refractivity contribution is 0.0449. The second-order valence-corrected chi connectivity index (χ2v) is 5.48. The quantitative estimate of drug-likeness (QED) is 0.827. The topological polar surface area (TPSA) is 21.3 Å². The molecule has 1 aromatic rings. The van der Waals surface area contributed by atoms with Crippen LogP contribution in [0, 0.1) is 0 Å². The van der Waals surface area contributed by atoms with E-state index in [2.05, 4.69) is 35.5 Å². The summed E-state index contributed by atoms with van der Waals surface area (Å²) in [4.78, 5) is 1.46. The van der Waals surface area contributed by atoms with Gasteiger partial charge in [0.15, 0.2) is 0 Å². The van der Waals surface area contributed by atoms with E-state index in [1.165, 1.54) is 21.6 Å². The van der Waals surface area contributed by atoms with Crippen molar-refractivity contribution in [3.8, 4) is 0 Å². The fourth-order valence-electron chi connectivity index (χ4n) is 2.44. The molecule has 1 aromatic heterocycles. The SMILES string of the molecule is C=C/C=C(\C=C/C)c1csc2c1C(CNC)OCC2. The number of rotatable bonds is 5. The number of ether oxygens (including phenoxy) is 1. The molecule has 19 heavy (non-hydrogen) atoms.